The first kappa shape index (κ1) is 18.7. The fraction of sp³-hybridized carbons (Fsp3) is 0.353. The molecule has 0 aliphatic rings. The van der Waals surface area contributed by atoms with Crippen molar-refractivity contribution in [3.05, 3.63) is 47.2 Å². The van der Waals surface area contributed by atoms with Crippen LogP contribution in [0.2, 0.25) is 0 Å². The lowest BCUT2D eigenvalue weighted by Gasteiger charge is -2.08. The summed E-state index contributed by atoms with van der Waals surface area (Å²) in [5, 5.41) is 12.1. The van der Waals surface area contributed by atoms with E-state index in [0.29, 0.717) is 12.3 Å². The predicted octanol–water partition coefficient (Wildman–Crippen LogP) is 4.30. The topological polar surface area (TPSA) is 59.8 Å². The van der Waals surface area contributed by atoms with Crippen LogP contribution < -0.4 is 5.32 Å². The van der Waals surface area contributed by atoms with Crippen LogP contribution in [-0.4, -0.2) is 26.4 Å². The van der Waals surface area contributed by atoms with Crippen molar-refractivity contribution in [3.63, 3.8) is 0 Å². The number of nitrogens with zero attached hydrogens (tertiary/aromatic N) is 3. The standard InChI is InChI=1S/C17H21BrN4OS/c1-3-5-6-15-20-21-17(22(15)11-4-2)24-12-16(23)19-14-9-7-13(18)8-10-14/h4,7-10H,2-3,5-6,11-12H2,1H3,(H,19,23). The summed E-state index contributed by atoms with van der Waals surface area (Å²) in [7, 11) is 0. The molecule has 1 aromatic carbocycles. The lowest BCUT2D eigenvalue weighted by atomic mass is 10.2. The van der Waals surface area contributed by atoms with Gasteiger partial charge in [-0.05, 0) is 30.7 Å². The molecule has 0 atom stereocenters. The summed E-state index contributed by atoms with van der Waals surface area (Å²) in [6, 6.07) is 7.50. The van der Waals surface area contributed by atoms with E-state index in [0.717, 1.165) is 40.4 Å². The van der Waals surface area contributed by atoms with Gasteiger partial charge in [0.15, 0.2) is 5.16 Å². The average Bonchev–Trinajstić information content (AvgIpc) is 2.95. The molecule has 7 heteroatoms. The van der Waals surface area contributed by atoms with Gasteiger partial charge in [0.05, 0.1) is 5.75 Å². The fourth-order valence-electron chi connectivity index (χ4n) is 2.12. The number of hydrogen-bond donors (Lipinski definition) is 1. The van der Waals surface area contributed by atoms with Crippen LogP contribution in [0.4, 0.5) is 5.69 Å². The third-order valence-electron chi connectivity index (χ3n) is 3.32. The summed E-state index contributed by atoms with van der Waals surface area (Å²) in [6.07, 6.45) is 4.90. The molecule has 2 aromatic rings. The molecule has 1 N–H and O–H groups in total. The van der Waals surface area contributed by atoms with Gasteiger partial charge in [-0.1, -0.05) is 47.1 Å². The maximum atomic E-state index is 12.1. The molecule has 0 aliphatic heterocycles. The summed E-state index contributed by atoms with van der Waals surface area (Å²) in [5.41, 5.74) is 0.778. The first-order valence-electron chi connectivity index (χ1n) is 7.85. The monoisotopic (exact) mass is 408 g/mol. The minimum absolute atomic E-state index is 0.0643. The van der Waals surface area contributed by atoms with Crippen LogP contribution in [0.1, 0.15) is 25.6 Å². The number of carbonyl (C=O) groups excluding carboxylic acids is 1. The number of anilines is 1. The number of allylic oxidation sites excluding steroid dienone is 1. The summed E-state index contributed by atoms with van der Waals surface area (Å²) in [4.78, 5) is 12.1. The molecule has 1 aromatic heterocycles. The highest BCUT2D eigenvalue weighted by Gasteiger charge is 2.13. The van der Waals surface area contributed by atoms with Gasteiger partial charge in [-0.25, -0.2) is 0 Å². The van der Waals surface area contributed by atoms with Crippen molar-refractivity contribution in [1.29, 1.82) is 0 Å². The van der Waals surface area contributed by atoms with Crippen LogP contribution in [0, 0.1) is 0 Å². The number of unbranched alkanes of at least 4 members (excludes halogenated alkanes) is 1. The highest BCUT2D eigenvalue weighted by molar-refractivity contribution is 9.10. The van der Waals surface area contributed by atoms with Crippen molar-refractivity contribution >= 4 is 39.3 Å². The fourth-order valence-corrected chi connectivity index (χ4v) is 3.15. The number of halogens is 1. The lowest BCUT2D eigenvalue weighted by molar-refractivity contribution is -0.113. The SMILES string of the molecule is C=CCn1c(CCCC)nnc1SCC(=O)Nc1ccc(Br)cc1. The molecule has 5 nitrogen and oxygen atoms in total. The second-order valence-corrected chi connectivity index (χ2v) is 7.10. The van der Waals surface area contributed by atoms with E-state index in [4.69, 9.17) is 0 Å². The normalized spacial score (nSPS) is 10.6. The number of hydrogen-bond acceptors (Lipinski definition) is 4. The number of nitrogens with one attached hydrogen (secondary N) is 1. The highest BCUT2D eigenvalue weighted by Crippen LogP contribution is 2.19. The van der Waals surface area contributed by atoms with E-state index in [1.807, 2.05) is 34.9 Å². The van der Waals surface area contributed by atoms with Crippen LogP contribution in [-0.2, 0) is 17.8 Å². The van der Waals surface area contributed by atoms with Crippen molar-refractivity contribution in [2.45, 2.75) is 37.9 Å². The molecule has 0 aliphatic carbocycles. The van der Waals surface area contributed by atoms with Crippen LogP contribution in [0.3, 0.4) is 0 Å². The van der Waals surface area contributed by atoms with E-state index >= 15 is 0 Å². The first-order valence-corrected chi connectivity index (χ1v) is 9.63. The Labute approximate surface area is 155 Å². The summed E-state index contributed by atoms with van der Waals surface area (Å²) < 4.78 is 3.01. The lowest BCUT2D eigenvalue weighted by Crippen LogP contribution is -2.14. The molecule has 0 fully saturated rings. The van der Waals surface area contributed by atoms with Gasteiger partial charge in [0, 0.05) is 23.1 Å². The van der Waals surface area contributed by atoms with Crippen LogP contribution in [0.5, 0.6) is 0 Å². The molecule has 0 bridgehead atoms. The number of aromatic nitrogens is 3. The van der Waals surface area contributed by atoms with E-state index in [1.54, 1.807) is 0 Å². The van der Waals surface area contributed by atoms with Crippen molar-refractivity contribution in [2.75, 3.05) is 11.1 Å². The zero-order valence-electron chi connectivity index (χ0n) is 13.7. The Balaban J connectivity index is 1.95. The highest BCUT2D eigenvalue weighted by atomic mass is 79.9. The summed E-state index contributed by atoms with van der Waals surface area (Å²) in [6.45, 7) is 6.59. The Morgan fingerprint density at radius 1 is 1.38 bits per heavy atom. The number of rotatable bonds is 9. The Kier molecular flexibility index (Phi) is 7.52. The van der Waals surface area contributed by atoms with Crippen LogP contribution in [0.15, 0.2) is 46.5 Å². The zero-order chi connectivity index (χ0) is 17.4. The van der Waals surface area contributed by atoms with E-state index in [1.165, 1.54) is 11.8 Å². The molecule has 128 valence electrons. The summed E-state index contributed by atoms with van der Waals surface area (Å²) >= 11 is 4.76. The van der Waals surface area contributed by atoms with Gasteiger partial charge >= 0.3 is 0 Å². The van der Waals surface area contributed by atoms with E-state index in [-0.39, 0.29) is 5.91 Å². The van der Waals surface area contributed by atoms with Gasteiger partial charge in [0.2, 0.25) is 5.91 Å². The number of carbonyl (C=O) groups is 1. The zero-order valence-corrected chi connectivity index (χ0v) is 16.1. The largest absolute Gasteiger partial charge is 0.325 e. The van der Waals surface area contributed by atoms with Crippen LogP contribution in [0.25, 0.3) is 0 Å². The Morgan fingerprint density at radius 2 is 2.12 bits per heavy atom. The van der Waals surface area contributed by atoms with Gasteiger partial charge in [-0.3, -0.25) is 4.79 Å². The molecule has 2 rings (SSSR count). The second kappa shape index (κ2) is 9.64. The number of aryl methyl sites for hydroxylation is 1. The Bertz CT molecular complexity index is 684. The summed E-state index contributed by atoms with van der Waals surface area (Å²) in [5.74, 6) is 1.18. The Morgan fingerprint density at radius 3 is 2.79 bits per heavy atom. The smallest absolute Gasteiger partial charge is 0.234 e. The van der Waals surface area contributed by atoms with Gasteiger partial charge in [0.1, 0.15) is 5.82 Å². The van der Waals surface area contributed by atoms with E-state index in [9.17, 15) is 4.79 Å². The van der Waals surface area contributed by atoms with Crippen LogP contribution >= 0.6 is 27.7 Å². The molecule has 0 spiro atoms. The molecule has 1 amide bonds. The number of thioether (sulfide) groups is 1. The number of amides is 1. The van der Waals surface area contributed by atoms with E-state index in [2.05, 4.69) is 44.9 Å². The van der Waals surface area contributed by atoms with Crippen molar-refractivity contribution in [3.8, 4) is 0 Å². The number of benzene rings is 1. The van der Waals surface area contributed by atoms with E-state index < -0.39 is 0 Å². The molecule has 0 saturated heterocycles. The quantitative estimate of drug-likeness (QED) is 0.496. The third kappa shape index (κ3) is 5.49. The molecule has 1 heterocycles. The molecule has 0 unspecified atom stereocenters. The molecular formula is C17H21BrN4OS. The van der Waals surface area contributed by atoms with Crippen molar-refractivity contribution in [1.82, 2.24) is 14.8 Å². The average molecular weight is 409 g/mol. The van der Waals surface area contributed by atoms with Gasteiger partial charge in [0.25, 0.3) is 0 Å². The van der Waals surface area contributed by atoms with Gasteiger partial charge in [-0.2, -0.15) is 0 Å². The first-order chi connectivity index (χ1) is 11.6. The van der Waals surface area contributed by atoms with Gasteiger partial charge < -0.3 is 9.88 Å². The molecular weight excluding hydrogens is 388 g/mol. The molecule has 24 heavy (non-hydrogen) atoms. The minimum atomic E-state index is -0.0643. The minimum Gasteiger partial charge on any atom is -0.325 e. The van der Waals surface area contributed by atoms with Crippen molar-refractivity contribution < 1.29 is 4.79 Å². The van der Waals surface area contributed by atoms with Crippen molar-refractivity contribution in [2.24, 2.45) is 0 Å². The predicted molar refractivity (Wildman–Crippen MR) is 102 cm³/mol. The van der Waals surface area contributed by atoms with Gasteiger partial charge in [-0.15, -0.1) is 16.8 Å². The second-order valence-electron chi connectivity index (χ2n) is 5.25. The molecule has 0 saturated carbocycles. The Hall–Kier alpha value is -1.60. The molecule has 0 radical (unpaired) electrons. The maximum absolute atomic E-state index is 12.1. The maximum Gasteiger partial charge on any atom is 0.234 e. The third-order valence-corrected chi connectivity index (χ3v) is 4.81.